The monoisotopic (exact) mass is 379 g/mol. The van der Waals surface area contributed by atoms with Gasteiger partial charge in [-0.25, -0.2) is 0 Å². The quantitative estimate of drug-likeness (QED) is 0.679. The summed E-state index contributed by atoms with van der Waals surface area (Å²) >= 11 is 0. The molecule has 0 radical (unpaired) electrons. The summed E-state index contributed by atoms with van der Waals surface area (Å²) in [6.45, 7) is 6.33. The molecular formula is C15H17F3NO5P. The molecule has 2 fully saturated rings. The third-order valence-corrected chi connectivity index (χ3v) is 9.55. The molecule has 3 aliphatic rings. The van der Waals surface area contributed by atoms with E-state index in [1.165, 1.54) is 24.3 Å². The molecule has 1 aromatic carbocycles. The minimum absolute atomic E-state index is 0.0917. The number of amides is 1. The number of para-hydroxylation sites is 1. The number of halogens is 3. The summed E-state index contributed by atoms with van der Waals surface area (Å²) < 4.78 is 65.8. The van der Waals surface area contributed by atoms with E-state index in [4.69, 9.17) is 18.3 Å². The van der Waals surface area contributed by atoms with Gasteiger partial charge in [-0.15, -0.1) is 0 Å². The third-order valence-electron chi connectivity index (χ3n) is 5.21. The van der Waals surface area contributed by atoms with Gasteiger partial charge >= 0.3 is 141 Å². The van der Waals surface area contributed by atoms with Gasteiger partial charge in [0.05, 0.1) is 0 Å². The van der Waals surface area contributed by atoms with E-state index < -0.39 is 36.2 Å². The molecule has 10 heteroatoms. The van der Waals surface area contributed by atoms with Crippen LogP contribution in [0.3, 0.4) is 0 Å². The van der Waals surface area contributed by atoms with E-state index in [-0.39, 0.29) is 11.3 Å². The van der Waals surface area contributed by atoms with Gasteiger partial charge in [0, 0.05) is 0 Å². The summed E-state index contributed by atoms with van der Waals surface area (Å²) in [7, 11) is -5.37. The number of hydrogen-bond donors (Lipinski definition) is 1. The van der Waals surface area contributed by atoms with Crippen LogP contribution in [0, 0.1) is 0 Å². The number of nitrogens with one attached hydrogen (secondary N) is 1. The molecule has 1 unspecified atom stereocenters. The molecule has 3 heterocycles. The van der Waals surface area contributed by atoms with Gasteiger partial charge in [-0.3, -0.25) is 0 Å². The molecule has 1 aromatic rings. The average Bonchev–Trinajstić information content (AvgIpc) is 2.85. The molecule has 138 valence electrons. The maximum absolute atomic E-state index is 14.4. The molecule has 1 spiro atoms. The first-order chi connectivity index (χ1) is 11.3. The van der Waals surface area contributed by atoms with E-state index in [9.17, 15) is 18.0 Å². The predicted octanol–water partition coefficient (Wildman–Crippen LogP) is 4.35. The molecular weight excluding hydrogens is 362 g/mol. The summed E-state index contributed by atoms with van der Waals surface area (Å²) in [5.41, 5.74) is -2.72. The molecule has 6 nitrogen and oxygen atoms in total. The van der Waals surface area contributed by atoms with E-state index in [1.807, 2.05) is 0 Å². The van der Waals surface area contributed by atoms with Crippen molar-refractivity contribution < 1.29 is 36.3 Å². The van der Waals surface area contributed by atoms with Crippen molar-refractivity contribution in [3.05, 3.63) is 29.8 Å². The van der Waals surface area contributed by atoms with Crippen LogP contribution in [-0.4, -0.2) is 23.5 Å². The van der Waals surface area contributed by atoms with Crippen molar-refractivity contribution in [1.29, 1.82) is 0 Å². The van der Waals surface area contributed by atoms with Crippen LogP contribution < -0.4 is 9.61 Å². The van der Waals surface area contributed by atoms with E-state index in [1.54, 1.807) is 27.7 Å². The minimum atomic E-state index is -5.37. The van der Waals surface area contributed by atoms with Gasteiger partial charge in [-0.05, 0) is 0 Å². The van der Waals surface area contributed by atoms with Gasteiger partial charge in [-0.2, -0.15) is 0 Å². The second-order valence-corrected chi connectivity index (χ2v) is 10.5. The summed E-state index contributed by atoms with van der Waals surface area (Å²) in [5, 5.41) is -0.990. The summed E-state index contributed by atoms with van der Waals surface area (Å²) in [6, 6.07) is 5.50. The number of fused-ring (bicyclic) bond motifs is 2. The van der Waals surface area contributed by atoms with Gasteiger partial charge in [0.15, 0.2) is 0 Å². The Morgan fingerprint density at radius 3 is 2.16 bits per heavy atom. The van der Waals surface area contributed by atoms with Crippen LogP contribution in [-0.2, 0) is 19.1 Å². The van der Waals surface area contributed by atoms with Crippen molar-refractivity contribution >= 4 is 13.5 Å². The molecule has 0 bridgehead atoms. The summed E-state index contributed by atoms with van der Waals surface area (Å²) in [6.07, 6.45) is -6.33. The van der Waals surface area contributed by atoms with Crippen LogP contribution >= 0.6 is 7.43 Å². The van der Waals surface area contributed by atoms with E-state index in [0.717, 1.165) is 0 Å². The van der Waals surface area contributed by atoms with E-state index in [2.05, 4.69) is 5.09 Å². The van der Waals surface area contributed by atoms with Crippen LogP contribution in [0.1, 0.15) is 33.3 Å². The molecule has 1 N–H and O–H groups in total. The first-order valence-corrected chi connectivity index (χ1v) is 9.60. The topological polar surface area (TPSA) is 66.0 Å². The van der Waals surface area contributed by atoms with Crippen LogP contribution in [0.5, 0.6) is 5.75 Å². The zero-order valence-electron chi connectivity index (χ0n) is 13.9. The molecule has 2 saturated heterocycles. The second-order valence-electron chi connectivity index (χ2n) is 7.32. The number of ether oxygens (including phenoxy) is 1. The molecule has 3 aliphatic heterocycles. The van der Waals surface area contributed by atoms with Gasteiger partial charge in [0.2, 0.25) is 0 Å². The summed E-state index contributed by atoms with van der Waals surface area (Å²) in [5.74, 6) is -0.0917. The van der Waals surface area contributed by atoms with Gasteiger partial charge in [-0.1, -0.05) is 0 Å². The first kappa shape index (κ1) is 16.9. The Labute approximate surface area is 141 Å². The van der Waals surface area contributed by atoms with E-state index in [0.29, 0.717) is 0 Å². The fourth-order valence-electron chi connectivity index (χ4n) is 3.53. The van der Waals surface area contributed by atoms with Crippen molar-refractivity contribution in [3.63, 3.8) is 0 Å². The van der Waals surface area contributed by atoms with Crippen LogP contribution in [0.4, 0.5) is 18.0 Å². The molecule has 4 rings (SSSR count). The van der Waals surface area contributed by atoms with Crippen LogP contribution in [0.15, 0.2) is 24.3 Å². The number of benzene rings is 1. The Bertz CT molecular complexity index is 793. The maximum atomic E-state index is 14.4. The SMILES string of the molecule is CC1(C)OP23(NC(=O)OC2(C(F)(F)F)c2ccccc2O3)OC1(C)C. The second kappa shape index (κ2) is 4.05. The number of hydrogen-bond acceptors (Lipinski definition) is 5. The molecule has 0 saturated carbocycles. The fourth-order valence-corrected chi connectivity index (χ4v) is 8.58. The van der Waals surface area contributed by atoms with Crippen molar-refractivity contribution in [2.24, 2.45) is 0 Å². The fraction of sp³-hybridized carbons (Fsp3) is 0.533. The molecule has 0 aliphatic carbocycles. The zero-order valence-corrected chi connectivity index (χ0v) is 14.8. The standard InChI is InChI=1S/C15H17F3NO5P/c1-12(2)13(3,4)24-25(23-12)14(15(16,17)18,21-11(20)19-25)9-7-5-6-8-10(9)22-25/h5-8H,1-4H3,(H,19,20). The van der Waals surface area contributed by atoms with E-state index >= 15 is 0 Å². The normalized spacial score (nSPS) is 34.2. The molecule has 1 atom stereocenters. The Kier molecular flexibility index (Phi) is 2.73. The Hall–Kier alpha value is -1.57. The summed E-state index contributed by atoms with van der Waals surface area (Å²) in [4.78, 5) is 12.1. The third kappa shape index (κ3) is 1.60. The number of rotatable bonds is 0. The van der Waals surface area contributed by atoms with Crippen molar-refractivity contribution in [1.82, 2.24) is 5.09 Å². The van der Waals surface area contributed by atoms with Gasteiger partial charge in [0.1, 0.15) is 0 Å². The average molecular weight is 379 g/mol. The van der Waals surface area contributed by atoms with Crippen LogP contribution in [0.25, 0.3) is 0 Å². The Morgan fingerprint density at radius 1 is 1.04 bits per heavy atom. The molecule has 0 aromatic heterocycles. The van der Waals surface area contributed by atoms with Crippen molar-refractivity contribution in [2.75, 3.05) is 0 Å². The van der Waals surface area contributed by atoms with Crippen molar-refractivity contribution in [3.8, 4) is 5.75 Å². The number of alkyl halides is 3. The number of carbonyl (C=O) groups is 1. The zero-order chi connectivity index (χ0) is 18.5. The number of carbonyl (C=O) groups excluding carboxylic acids is 1. The van der Waals surface area contributed by atoms with Gasteiger partial charge < -0.3 is 0 Å². The predicted molar refractivity (Wildman–Crippen MR) is 81.7 cm³/mol. The van der Waals surface area contributed by atoms with Crippen LogP contribution in [0.2, 0.25) is 0 Å². The Morgan fingerprint density at radius 2 is 1.60 bits per heavy atom. The molecule has 1 amide bonds. The first-order valence-electron chi connectivity index (χ1n) is 7.61. The van der Waals surface area contributed by atoms with Crippen molar-refractivity contribution in [2.45, 2.75) is 50.4 Å². The molecule has 25 heavy (non-hydrogen) atoms. The Balaban J connectivity index is 2.11. The van der Waals surface area contributed by atoms with Gasteiger partial charge in [0.25, 0.3) is 0 Å².